The van der Waals surface area contributed by atoms with Crippen LogP contribution in [0.15, 0.2) is 97.6 Å². The van der Waals surface area contributed by atoms with Crippen molar-refractivity contribution in [1.29, 1.82) is 0 Å². The van der Waals surface area contributed by atoms with Crippen molar-refractivity contribution in [3.05, 3.63) is 103 Å². The van der Waals surface area contributed by atoms with Crippen molar-refractivity contribution in [3.63, 3.8) is 0 Å². The molecule has 4 heteroatoms. The second-order valence-electron chi connectivity index (χ2n) is 11.4. The molecule has 3 atom stereocenters. The van der Waals surface area contributed by atoms with E-state index in [1.54, 1.807) is 7.11 Å². The summed E-state index contributed by atoms with van der Waals surface area (Å²) in [5.41, 5.74) is 1.15. The SMILES string of the molecule is C=C[C@H](C)[C@H](CC[C@@H](C)CO[Si](c1ccccc1)(c1ccccc1)C(C)(C)C)OCc1ccc(OC)cc1. The first kappa shape index (κ1) is 29.9. The molecule has 0 aliphatic carbocycles. The fourth-order valence-corrected chi connectivity index (χ4v) is 9.83. The zero-order chi connectivity index (χ0) is 27.6. The molecule has 3 rings (SSSR count). The molecule has 0 saturated heterocycles. The quantitative estimate of drug-likeness (QED) is 0.161. The Morgan fingerprint density at radius 2 is 1.37 bits per heavy atom. The number of methoxy groups -OCH3 is 1. The summed E-state index contributed by atoms with van der Waals surface area (Å²) in [7, 11) is -0.835. The van der Waals surface area contributed by atoms with Crippen molar-refractivity contribution in [1.82, 2.24) is 0 Å². The molecule has 0 amide bonds. The lowest BCUT2D eigenvalue weighted by Crippen LogP contribution is -2.66. The van der Waals surface area contributed by atoms with E-state index in [0.717, 1.165) is 30.8 Å². The number of rotatable bonds is 14. The van der Waals surface area contributed by atoms with Gasteiger partial charge in [0.1, 0.15) is 5.75 Å². The first-order valence-electron chi connectivity index (χ1n) is 13.8. The van der Waals surface area contributed by atoms with Crippen LogP contribution in [0.5, 0.6) is 5.75 Å². The number of benzene rings is 3. The molecule has 0 N–H and O–H groups in total. The summed E-state index contributed by atoms with van der Waals surface area (Å²) in [4.78, 5) is 0. The van der Waals surface area contributed by atoms with E-state index in [4.69, 9.17) is 13.9 Å². The molecule has 0 aromatic heterocycles. The number of hydrogen-bond donors (Lipinski definition) is 0. The number of hydrogen-bond acceptors (Lipinski definition) is 3. The van der Waals surface area contributed by atoms with Crippen LogP contribution in [0.3, 0.4) is 0 Å². The van der Waals surface area contributed by atoms with E-state index in [1.807, 2.05) is 18.2 Å². The summed E-state index contributed by atoms with van der Waals surface area (Å²) >= 11 is 0. The molecular weight excluding hydrogens is 484 g/mol. The minimum atomic E-state index is -2.52. The summed E-state index contributed by atoms with van der Waals surface area (Å²) in [6.07, 6.45) is 4.12. The number of ether oxygens (including phenoxy) is 2. The van der Waals surface area contributed by atoms with Gasteiger partial charge in [-0.15, -0.1) is 6.58 Å². The van der Waals surface area contributed by atoms with Gasteiger partial charge in [0.25, 0.3) is 8.32 Å². The normalized spacial score (nSPS) is 14.5. The average molecular weight is 531 g/mol. The van der Waals surface area contributed by atoms with Gasteiger partial charge in [-0.05, 0) is 57.8 Å². The first-order valence-corrected chi connectivity index (χ1v) is 15.7. The maximum Gasteiger partial charge on any atom is 0.261 e. The molecule has 0 bridgehead atoms. The van der Waals surface area contributed by atoms with Crippen LogP contribution in [0.1, 0.15) is 53.0 Å². The van der Waals surface area contributed by atoms with Gasteiger partial charge in [0.2, 0.25) is 0 Å². The van der Waals surface area contributed by atoms with E-state index < -0.39 is 8.32 Å². The summed E-state index contributed by atoms with van der Waals surface area (Å²) in [5.74, 6) is 1.54. The van der Waals surface area contributed by atoms with E-state index in [2.05, 4.69) is 114 Å². The van der Waals surface area contributed by atoms with Crippen LogP contribution in [0.4, 0.5) is 0 Å². The van der Waals surface area contributed by atoms with Crippen molar-refractivity contribution in [2.45, 2.75) is 65.2 Å². The Kier molecular flexibility index (Phi) is 11.0. The molecule has 0 aliphatic rings. The molecule has 0 heterocycles. The second-order valence-corrected chi connectivity index (χ2v) is 15.8. The highest BCUT2D eigenvalue weighted by Crippen LogP contribution is 2.37. The summed E-state index contributed by atoms with van der Waals surface area (Å²) < 4.78 is 18.8. The third kappa shape index (κ3) is 7.46. The lowest BCUT2D eigenvalue weighted by atomic mass is 9.96. The largest absolute Gasteiger partial charge is 0.497 e. The third-order valence-electron chi connectivity index (χ3n) is 7.53. The fraction of sp³-hybridized carbons (Fsp3) is 0.412. The van der Waals surface area contributed by atoms with Gasteiger partial charge < -0.3 is 13.9 Å². The summed E-state index contributed by atoms with van der Waals surface area (Å²) in [6.45, 7) is 16.8. The first-order chi connectivity index (χ1) is 18.2. The predicted molar refractivity (Wildman–Crippen MR) is 163 cm³/mol. The lowest BCUT2D eigenvalue weighted by molar-refractivity contribution is 0.00782. The van der Waals surface area contributed by atoms with Crippen LogP contribution in [-0.4, -0.2) is 28.1 Å². The van der Waals surface area contributed by atoms with Gasteiger partial charge in [0.15, 0.2) is 0 Å². The van der Waals surface area contributed by atoms with Crippen molar-refractivity contribution in [3.8, 4) is 5.75 Å². The topological polar surface area (TPSA) is 27.7 Å². The molecule has 3 aromatic carbocycles. The van der Waals surface area contributed by atoms with E-state index in [9.17, 15) is 0 Å². The second kappa shape index (κ2) is 13.9. The molecule has 0 aliphatic heterocycles. The van der Waals surface area contributed by atoms with Crippen LogP contribution < -0.4 is 15.1 Å². The monoisotopic (exact) mass is 530 g/mol. The van der Waals surface area contributed by atoms with Crippen LogP contribution in [0.25, 0.3) is 0 Å². The Morgan fingerprint density at radius 1 is 0.816 bits per heavy atom. The van der Waals surface area contributed by atoms with Crippen LogP contribution in [0.2, 0.25) is 5.04 Å². The Balaban J connectivity index is 1.71. The third-order valence-corrected chi connectivity index (χ3v) is 12.5. The van der Waals surface area contributed by atoms with Crippen LogP contribution in [0, 0.1) is 11.8 Å². The standard InChI is InChI=1S/C34H46O3Si/c1-8-28(3)33(36-26-29-20-22-30(35-7)23-21-29)24-19-27(2)25-37-38(34(4,5)6,31-15-11-9-12-16-31)32-17-13-10-14-18-32/h8-18,20-23,27-28,33H,1,19,24-26H2,2-7H3/t27-,28+,33+/m1/s1. The van der Waals surface area contributed by atoms with Gasteiger partial charge >= 0.3 is 0 Å². The lowest BCUT2D eigenvalue weighted by Gasteiger charge is -2.43. The molecular formula is C34H46O3Si. The smallest absolute Gasteiger partial charge is 0.261 e. The van der Waals surface area contributed by atoms with Gasteiger partial charge in [0.05, 0.1) is 19.8 Å². The fourth-order valence-electron chi connectivity index (χ4n) is 5.14. The van der Waals surface area contributed by atoms with Gasteiger partial charge in [0, 0.05) is 6.61 Å². The summed E-state index contributed by atoms with van der Waals surface area (Å²) in [6, 6.07) is 29.8. The van der Waals surface area contributed by atoms with Crippen LogP contribution >= 0.6 is 0 Å². The van der Waals surface area contributed by atoms with E-state index in [-0.39, 0.29) is 17.1 Å². The molecule has 0 unspecified atom stereocenters. The highest BCUT2D eigenvalue weighted by Gasteiger charge is 2.50. The van der Waals surface area contributed by atoms with Gasteiger partial charge in [-0.3, -0.25) is 0 Å². The van der Waals surface area contributed by atoms with Gasteiger partial charge in [-0.2, -0.15) is 0 Å². The molecule has 3 aromatic rings. The van der Waals surface area contributed by atoms with E-state index in [0.29, 0.717) is 12.5 Å². The van der Waals surface area contributed by atoms with Gasteiger partial charge in [-0.1, -0.05) is 113 Å². The zero-order valence-corrected chi connectivity index (χ0v) is 25.2. The Bertz CT molecular complexity index is 1050. The minimum absolute atomic E-state index is 0.0171. The van der Waals surface area contributed by atoms with Gasteiger partial charge in [-0.25, -0.2) is 0 Å². The predicted octanol–water partition coefficient (Wildman–Crippen LogP) is 7.40. The molecule has 0 fully saturated rings. The minimum Gasteiger partial charge on any atom is -0.497 e. The molecule has 204 valence electrons. The van der Waals surface area contributed by atoms with Crippen LogP contribution in [-0.2, 0) is 15.8 Å². The molecule has 0 radical (unpaired) electrons. The van der Waals surface area contributed by atoms with E-state index in [1.165, 1.54) is 10.4 Å². The average Bonchev–Trinajstić information content (AvgIpc) is 2.93. The van der Waals surface area contributed by atoms with E-state index >= 15 is 0 Å². The Morgan fingerprint density at radius 3 is 1.84 bits per heavy atom. The summed E-state index contributed by atoms with van der Waals surface area (Å²) in [5, 5.41) is 2.63. The Labute approximate surface area is 232 Å². The molecule has 38 heavy (non-hydrogen) atoms. The van der Waals surface area contributed by atoms with Crippen molar-refractivity contribution in [2.75, 3.05) is 13.7 Å². The molecule has 3 nitrogen and oxygen atoms in total. The maximum absolute atomic E-state index is 7.16. The molecule has 0 spiro atoms. The maximum atomic E-state index is 7.16. The van der Waals surface area contributed by atoms with Crippen molar-refractivity contribution < 1.29 is 13.9 Å². The Hall–Kier alpha value is -2.66. The van der Waals surface area contributed by atoms with Crippen molar-refractivity contribution in [2.24, 2.45) is 11.8 Å². The zero-order valence-electron chi connectivity index (χ0n) is 24.2. The molecule has 0 saturated carbocycles. The highest BCUT2D eigenvalue weighted by atomic mass is 28.4. The highest BCUT2D eigenvalue weighted by molar-refractivity contribution is 6.99. The van der Waals surface area contributed by atoms with Crippen molar-refractivity contribution >= 4 is 18.7 Å².